The van der Waals surface area contributed by atoms with Gasteiger partial charge in [0.2, 0.25) is 5.75 Å². The fraction of sp³-hybridized carbons (Fsp3) is 0.316. The van der Waals surface area contributed by atoms with Crippen molar-refractivity contribution in [2.45, 2.75) is 19.4 Å². The van der Waals surface area contributed by atoms with E-state index in [0.717, 1.165) is 11.1 Å². The molecule has 0 atom stereocenters. The van der Waals surface area contributed by atoms with Crippen LogP contribution >= 0.6 is 11.6 Å². The third-order valence-electron chi connectivity index (χ3n) is 3.66. The van der Waals surface area contributed by atoms with Gasteiger partial charge in [0.15, 0.2) is 11.5 Å². The third kappa shape index (κ3) is 5.29. The van der Waals surface area contributed by atoms with E-state index in [9.17, 15) is 4.79 Å². The van der Waals surface area contributed by atoms with Crippen molar-refractivity contribution in [3.8, 4) is 17.2 Å². The highest BCUT2D eigenvalue weighted by Gasteiger charge is 2.14. The van der Waals surface area contributed by atoms with Gasteiger partial charge in [0, 0.05) is 11.4 Å². The van der Waals surface area contributed by atoms with Crippen molar-refractivity contribution in [2.75, 3.05) is 21.3 Å². The number of hydrogen-bond acceptors (Lipinski definition) is 5. The van der Waals surface area contributed by atoms with Gasteiger partial charge in [-0.2, -0.15) is 0 Å². The fourth-order valence-corrected chi connectivity index (χ4v) is 2.47. The van der Waals surface area contributed by atoms with Gasteiger partial charge in [-0.25, -0.2) is 0 Å². The van der Waals surface area contributed by atoms with Crippen LogP contribution in [-0.4, -0.2) is 27.3 Å². The maximum Gasteiger partial charge on any atom is 0.306 e. The highest BCUT2D eigenvalue weighted by atomic mass is 35.5. The first-order valence-electron chi connectivity index (χ1n) is 7.76. The number of esters is 1. The van der Waals surface area contributed by atoms with Crippen LogP contribution < -0.4 is 14.2 Å². The molecule has 0 saturated carbocycles. The number of hydrogen-bond donors (Lipinski definition) is 0. The average Bonchev–Trinajstić information content (AvgIpc) is 2.64. The standard InChI is InChI=1S/C19H21ClO5/c1-22-16-10-14(11-17(23-2)19(16)24-3)6-9-18(21)25-12-13-4-7-15(20)8-5-13/h4-5,7-8,10-11H,6,9,12H2,1-3H3. The Labute approximate surface area is 152 Å². The van der Waals surface area contributed by atoms with Crippen molar-refractivity contribution in [3.05, 3.63) is 52.5 Å². The maximum atomic E-state index is 12.0. The normalized spacial score (nSPS) is 10.2. The van der Waals surface area contributed by atoms with Gasteiger partial charge in [0.25, 0.3) is 0 Å². The van der Waals surface area contributed by atoms with Crippen LogP contribution in [0.3, 0.4) is 0 Å². The second kappa shape index (κ2) is 9.18. The SMILES string of the molecule is COc1cc(CCC(=O)OCc2ccc(Cl)cc2)cc(OC)c1OC. The van der Waals surface area contributed by atoms with E-state index in [1.807, 2.05) is 24.3 Å². The highest BCUT2D eigenvalue weighted by molar-refractivity contribution is 6.30. The Bertz CT molecular complexity index is 687. The zero-order valence-electron chi connectivity index (χ0n) is 14.5. The molecule has 0 aliphatic rings. The second-order valence-electron chi connectivity index (χ2n) is 5.32. The Balaban J connectivity index is 1.93. The van der Waals surface area contributed by atoms with Crippen molar-refractivity contribution in [2.24, 2.45) is 0 Å². The predicted molar refractivity (Wildman–Crippen MR) is 95.7 cm³/mol. The molecule has 5 nitrogen and oxygen atoms in total. The lowest BCUT2D eigenvalue weighted by Gasteiger charge is -2.14. The number of methoxy groups -OCH3 is 3. The molecule has 2 aromatic rings. The van der Waals surface area contributed by atoms with Crippen molar-refractivity contribution < 1.29 is 23.7 Å². The molecular formula is C19H21ClO5. The van der Waals surface area contributed by atoms with Gasteiger partial charge in [-0.05, 0) is 41.8 Å². The molecule has 2 aromatic carbocycles. The summed E-state index contributed by atoms with van der Waals surface area (Å²) in [7, 11) is 4.66. The summed E-state index contributed by atoms with van der Waals surface area (Å²) < 4.78 is 21.2. The van der Waals surface area contributed by atoms with Gasteiger partial charge in [-0.3, -0.25) is 4.79 Å². The summed E-state index contributed by atoms with van der Waals surface area (Å²) in [6.45, 7) is 0.227. The lowest BCUT2D eigenvalue weighted by Crippen LogP contribution is -2.06. The Kier molecular flexibility index (Phi) is 6.95. The summed E-state index contributed by atoms with van der Waals surface area (Å²) in [6, 6.07) is 10.8. The Morgan fingerprint density at radius 2 is 1.52 bits per heavy atom. The highest BCUT2D eigenvalue weighted by Crippen LogP contribution is 2.38. The van der Waals surface area contributed by atoms with E-state index in [-0.39, 0.29) is 19.0 Å². The Hall–Kier alpha value is -2.40. The lowest BCUT2D eigenvalue weighted by atomic mass is 10.1. The molecule has 0 aromatic heterocycles. The number of halogens is 1. The van der Waals surface area contributed by atoms with Crippen LogP contribution in [0.4, 0.5) is 0 Å². The molecular weight excluding hydrogens is 344 g/mol. The van der Waals surface area contributed by atoms with Crippen LogP contribution in [0.15, 0.2) is 36.4 Å². The quantitative estimate of drug-likeness (QED) is 0.661. The minimum absolute atomic E-state index is 0.227. The predicted octanol–water partition coefficient (Wildman–Crippen LogP) is 4.04. The number of carbonyl (C=O) groups excluding carboxylic acids is 1. The first kappa shape index (κ1) is 18.9. The van der Waals surface area contributed by atoms with Crippen LogP contribution in [0.2, 0.25) is 5.02 Å². The fourth-order valence-electron chi connectivity index (χ4n) is 2.34. The van der Waals surface area contributed by atoms with Gasteiger partial charge >= 0.3 is 5.97 Å². The topological polar surface area (TPSA) is 54.0 Å². The first-order valence-corrected chi connectivity index (χ1v) is 8.14. The molecule has 0 unspecified atom stereocenters. The summed E-state index contributed by atoms with van der Waals surface area (Å²) in [5, 5.41) is 0.650. The van der Waals surface area contributed by atoms with E-state index in [1.54, 1.807) is 33.5 Å². The summed E-state index contributed by atoms with van der Waals surface area (Å²) in [5.74, 6) is 1.38. The van der Waals surface area contributed by atoms with Crippen LogP contribution in [0.5, 0.6) is 17.2 Å². The summed E-state index contributed by atoms with van der Waals surface area (Å²) in [6.07, 6.45) is 0.766. The van der Waals surface area contributed by atoms with Crippen LogP contribution in [0.25, 0.3) is 0 Å². The summed E-state index contributed by atoms with van der Waals surface area (Å²) >= 11 is 5.83. The molecule has 2 rings (SSSR count). The molecule has 134 valence electrons. The van der Waals surface area contributed by atoms with Crippen LogP contribution in [0, 0.1) is 0 Å². The van der Waals surface area contributed by atoms with Gasteiger partial charge in [0.1, 0.15) is 6.61 Å². The average molecular weight is 365 g/mol. The number of rotatable bonds is 8. The molecule has 0 aliphatic heterocycles. The molecule has 6 heteroatoms. The number of benzene rings is 2. The first-order chi connectivity index (χ1) is 12.1. The molecule has 0 spiro atoms. The van der Waals surface area contributed by atoms with Gasteiger partial charge in [-0.15, -0.1) is 0 Å². The van der Waals surface area contributed by atoms with Crippen molar-refractivity contribution >= 4 is 17.6 Å². The number of ether oxygens (including phenoxy) is 4. The van der Waals surface area contributed by atoms with E-state index in [0.29, 0.717) is 28.7 Å². The second-order valence-corrected chi connectivity index (χ2v) is 5.76. The van der Waals surface area contributed by atoms with Crippen molar-refractivity contribution in [3.63, 3.8) is 0 Å². The molecule has 0 saturated heterocycles. The van der Waals surface area contributed by atoms with E-state index >= 15 is 0 Å². The molecule has 0 N–H and O–H groups in total. The maximum absolute atomic E-state index is 12.0. The van der Waals surface area contributed by atoms with E-state index in [4.69, 9.17) is 30.5 Å². The smallest absolute Gasteiger partial charge is 0.306 e. The molecule has 0 bridgehead atoms. The molecule has 0 amide bonds. The monoisotopic (exact) mass is 364 g/mol. The van der Waals surface area contributed by atoms with Crippen LogP contribution in [0.1, 0.15) is 17.5 Å². The molecule has 0 heterocycles. The zero-order chi connectivity index (χ0) is 18.2. The van der Waals surface area contributed by atoms with Crippen molar-refractivity contribution in [1.82, 2.24) is 0 Å². The Morgan fingerprint density at radius 1 is 0.920 bits per heavy atom. The van der Waals surface area contributed by atoms with Gasteiger partial charge < -0.3 is 18.9 Å². The van der Waals surface area contributed by atoms with Gasteiger partial charge in [0.05, 0.1) is 21.3 Å². The van der Waals surface area contributed by atoms with Crippen LogP contribution in [-0.2, 0) is 22.6 Å². The largest absolute Gasteiger partial charge is 0.493 e. The molecule has 0 aliphatic carbocycles. The lowest BCUT2D eigenvalue weighted by molar-refractivity contribution is -0.144. The minimum atomic E-state index is -0.274. The summed E-state index contributed by atoms with van der Waals surface area (Å²) in [5.41, 5.74) is 1.79. The van der Waals surface area contributed by atoms with E-state index < -0.39 is 0 Å². The van der Waals surface area contributed by atoms with E-state index in [1.165, 1.54) is 0 Å². The van der Waals surface area contributed by atoms with Gasteiger partial charge in [-0.1, -0.05) is 23.7 Å². The van der Waals surface area contributed by atoms with E-state index in [2.05, 4.69) is 0 Å². The Morgan fingerprint density at radius 3 is 2.04 bits per heavy atom. The molecule has 25 heavy (non-hydrogen) atoms. The molecule has 0 radical (unpaired) electrons. The number of aryl methyl sites for hydroxylation is 1. The summed E-state index contributed by atoms with van der Waals surface area (Å²) in [4.78, 5) is 12.0. The third-order valence-corrected chi connectivity index (χ3v) is 3.91. The molecule has 0 fully saturated rings. The zero-order valence-corrected chi connectivity index (χ0v) is 15.3. The minimum Gasteiger partial charge on any atom is -0.493 e. The number of carbonyl (C=O) groups is 1. The van der Waals surface area contributed by atoms with Crippen molar-refractivity contribution in [1.29, 1.82) is 0 Å².